The van der Waals surface area contributed by atoms with Crippen molar-refractivity contribution in [1.82, 2.24) is 4.90 Å². The van der Waals surface area contributed by atoms with Gasteiger partial charge in [0.05, 0.1) is 4.92 Å². The van der Waals surface area contributed by atoms with Crippen LogP contribution in [0, 0.1) is 10.1 Å². The van der Waals surface area contributed by atoms with Gasteiger partial charge in [-0.3, -0.25) is 19.8 Å². The minimum atomic E-state index is -1.29. The normalized spacial score (nSPS) is 27.2. The smallest absolute Gasteiger partial charge is 0.352 e. The van der Waals surface area contributed by atoms with Crippen molar-refractivity contribution in [3.63, 3.8) is 0 Å². The maximum Gasteiger partial charge on any atom is 0.352 e. The molecule has 0 aromatic rings. The second kappa shape index (κ2) is 4.42. The molecule has 0 spiro atoms. The number of carbonyl (C=O) groups excluding carboxylic acids is 1. The van der Waals surface area contributed by atoms with Crippen molar-refractivity contribution in [2.45, 2.75) is 11.4 Å². The number of carboxylic acid groups (broad SMARTS) is 1. The number of nitrogens with zero attached hydrogens (tertiary/aromatic N) is 2. The number of allylic oxidation sites excluding steroid dienone is 1. The molecule has 1 fully saturated rings. The number of aliphatic carboxylic acids is 1. The van der Waals surface area contributed by atoms with E-state index < -0.39 is 28.2 Å². The summed E-state index contributed by atoms with van der Waals surface area (Å²) in [5.41, 5.74) is 5.57. The highest BCUT2D eigenvalue weighted by Crippen LogP contribution is 2.39. The first kappa shape index (κ1) is 12.6. The van der Waals surface area contributed by atoms with E-state index >= 15 is 0 Å². The van der Waals surface area contributed by atoms with Gasteiger partial charge in [-0.15, -0.1) is 11.8 Å². The van der Waals surface area contributed by atoms with Gasteiger partial charge in [-0.1, -0.05) is 0 Å². The maximum atomic E-state index is 11.5. The molecular weight excluding hydrogens is 262 g/mol. The van der Waals surface area contributed by atoms with Crippen molar-refractivity contribution in [1.29, 1.82) is 0 Å². The number of carbonyl (C=O) groups is 2. The molecule has 1 amide bonds. The summed E-state index contributed by atoms with van der Waals surface area (Å²) in [6, 6.07) is -0.703. The third-order valence-corrected chi connectivity index (χ3v) is 3.96. The number of carboxylic acids is 1. The van der Waals surface area contributed by atoms with E-state index in [1.807, 2.05) is 0 Å². The summed E-state index contributed by atoms with van der Waals surface area (Å²) in [6.07, 6.45) is 1.76. The third kappa shape index (κ3) is 1.87. The van der Waals surface area contributed by atoms with E-state index in [4.69, 9.17) is 10.8 Å². The molecule has 8 nitrogen and oxygen atoms in total. The first-order chi connectivity index (χ1) is 8.43. The van der Waals surface area contributed by atoms with Crippen LogP contribution in [0.3, 0.4) is 0 Å². The number of fused-ring (bicyclic) bond motifs is 1. The molecule has 0 radical (unpaired) electrons. The Hall–Kier alpha value is -1.87. The van der Waals surface area contributed by atoms with Gasteiger partial charge in [0.25, 0.3) is 0 Å². The molecule has 96 valence electrons. The molecule has 0 saturated carbocycles. The van der Waals surface area contributed by atoms with Gasteiger partial charge in [-0.05, 0) is 5.57 Å². The summed E-state index contributed by atoms with van der Waals surface area (Å²) < 4.78 is 0. The molecule has 1 unspecified atom stereocenters. The molecular formula is C9H9N3O5S. The Labute approximate surface area is 105 Å². The van der Waals surface area contributed by atoms with Gasteiger partial charge in [0.2, 0.25) is 12.1 Å². The Morgan fingerprint density at radius 2 is 2.33 bits per heavy atom. The lowest BCUT2D eigenvalue weighted by Crippen LogP contribution is -2.68. The topological polar surface area (TPSA) is 127 Å². The Balaban J connectivity index is 2.38. The lowest BCUT2D eigenvalue weighted by atomic mass is 10.0. The van der Waals surface area contributed by atoms with Crippen LogP contribution in [0.2, 0.25) is 0 Å². The summed E-state index contributed by atoms with van der Waals surface area (Å²) in [5, 5.41) is 18.9. The van der Waals surface area contributed by atoms with Gasteiger partial charge in [-0.2, -0.15) is 0 Å². The molecule has 0 aromatic carbocycles. The number of hydrogen-bond acceptors (Lipinski definition) is 6. The molecule has 3 N–H and O–H groups in total. The first-order valence-electron chi connectivity index (χ1n) is 4.92. The lowest BCUT2D eigenvalue weighted by Gasteiger charge is -2.47. The number of rotatable bonds is 3. The molecule has 1 saturated heterocycles. The monoisotopic (exact) mass is 271 g/mol. The van der Waals surface area contributed by atoms with Crippen LogP contribution in [-0.4, -0.2) is 44.0 Å². The highest BCUT2D eigenvalue weighted by atomic mass is 32.2. The second-order valence-electron chi connectivity index (χ2n) is 3.72. The molecule has 2 aliphatic heterocycles. The van der Waals surface area contributed by atoms with Gasteiger partial charge in [0, 0.05) is 11.8 Å². The molecule has 2 atom stereocenters. The largest absolute Gasteiger partial charge is 0.477 e. The second-order valence-corrected chi connectivity index (χ2v) is 4.82. The van der Waals surface area contributed by atoms with Crippen molar-refractivity contribution in [3.8, 4) is 0 Å². The molecule has 2 aliphatic rings. The van der Waals surface area contributed by atoms with Crippen LogP contribution in [0.4, 0.5) is 0 Å². The number of nitrogens with two attached hydrogens (primary N) is 1. The summed E-state index contributed by atoms with van der Waals surface area (Å²) in [5.74, 6) is -1.49. The quantitative estimate of drug-likeness (QED) is 0.397. The van der Waals surface area contributed by atoms with Crippen molar-refractivity contribution in [3.05, 3.63) is 33.7 Å². The fourth-order valence-corrected chi connectivity index (χ4v) is 3.08. The van der Waals surface area contributed by atoms with E-state index in [1.165, 1.54) is 11.8 Å². The van der Waals surface area contributed by atoms with E-state index in [2.05, 4.69) is 0 Å². The third-order valence-electron chi connectivity index (χ3n) is 2.64. The summed E-state index contributed by atoms with van der Waals surface area (Å²) in [6.45, 7) is 0. The SMILES string of the molecule is NC1C(=O)N2C(C(=O)O)=C(C=C[N+](=O)[O-])CS[C@@H]12. The lowest BCUT2D eigenvalue weighted by molar-refractivity contribution is -0.402. The summed E-state index contributed by atoms with van der Waals surface area (Å²) >= 11 is 1.29. The van der Waals surface area contributed by atoms with Gasteiger partial charge in [0.1, 0.15) is 17.1 Å². The molecule has 2 rings (SSSR count). The number of thioether (sulfide) groups is 1. The van der Waals surface area contributed by atoms with Gasteiger partial charge < -0.3 is 10.8 Å². The average Bonchev–Trinajstić information content (AvgIpc) is 2.33. The zero-order valence-corrected chi connectivity index (χ0v) is 9.79. The van der Waals surface area contributed by atoms with E-state index in [-0.39, 0.29) is 17.0 Å². The van der Waals surface area contributed by atoms with Crippen LogP contribution in [0.15, 0.2) is 23.5 Å². The van der Waals surface area contributed by atoms with Crippen molar-refractivity contribution >= 4 is 23.6 Å². The van der Waals surface area contributed by atoms with Crippen LogP contribution in [0.5, 0.6) is 0 Å². The number of amides is 1. The Morgan fingerprint density at radius 3 is 2.89 bits per heavy atom. The highest BCUT2D eigenvalue weighted by molar-refractivity contribution is 8.00. The van der Waals surface area contributed by atoms with Crippen LogP contribution >= 0.6 is 11.8 Å². The highest BCUT2D eigenvalue weighted by Gasteiger charge is 2.51. The number of hydrogen-bond donors (Lipinski definition) is 2. The maximum absolute atomic E-state index is 11.5. The zero-order chi connectivity index (χ0) is 13.4. The van der Waals surface area contributed by atoms with E-state index in [0.717, 1.165) is 11.0 Å². The molecule has 0 aliphatic carbocycles. The summed E-state index contributed by atoms with van der Waals surface area (Å²) in [7, 11) is 0. The first-order valence-corrected chi connectivity index (χ1v) is 5.96. The Bertz CT molecular complexity index is 500. The number of β-lactam (4-membered cyclic amide) rings is 1. The van der Waals surface area contributed by atoms with Crippen LogP contribution in [0.25, 0.3) is 0 Å². The van der Waals surface area contributed by atoms with Crippen molar-refractivity contribution < 1.29 is 19.6 Å². The molecule has 2 heterocycles. The van der Waals surface area contributed by atoms with Gasteiger partial charge in [-0.25, -0.2) is 4.79 Å². The standard InChI is InChI=1S/C9H9N3O5S/c10-5-7(13)12-6(9(14)15)4(1-2-11(16)17)3-18-8(5)12/h1-2,5,8H,3,10H2,(H,14,15)/t5?,8-/m0/s1. The van der Waals surface area contributed by atoms with E-state index in [1.54, 1.807) is 0 Å². The van der Waals surface area contributed by atoms with Crippen molar-refractivity contribution in [2.75, 3.05) is 5.75 Å². The fourth-order valence-electron chi connectivity index (χ4n) is 1.82. The molecule has 0 aromatic heterocycles. The molecule has 9 heteroatoms. The Kier molecular flexibility index (Phi) is 3.09. The van der Waals surface area contributed by atoms with Gasteiger partial charge in [0.15, 0.2) is 0 Å². The van der Waals surface area contributed by atoms with E-state index in [9.17, 15) is 19.7 Å². The minimum absolute atomic E-state index is 0.219. The van der Waals surface area contributed by atoms with Crippen LogP contribution in [-0.2, 0) is 9.59 Å². The predicted molar refractivity (Wildman–Crippen MR) is 61.9 cm³/mol. The van der Waals surface area contributed by atoms with Crippen LogP contribution < -0.4 is 5.73 Å². The molecule has 18 heavy (non-hydrogen) atoms. The van der Waals surface area contributed by atoms with Crippen LogP contribution in [0.1, 0.15) is 0 Å². The number of nitro groups is 1. The average molecular weight is 271 g/mol. The van der Waals surface area contributed by atoms with E-state index in [0.29, 0.717) is 6.20 Å². The summed E-state index contributed by atoms with van der Waals surface area (Å²) in [4.78, 5) is 33.3. The predicted octanol–water partition coefficient (Wildman–Crippen LogP) is -0.642. The minimum Gasteiger partial charge on any atom is -0.477 e. The zero-order valence-electron chi connectivity index (χ0n) is 8.98. The van der Waals surface area contributed by atoms with Gasteiger partial charge >= 0.3 is 5.97 Å². The molecule has 0 bridgehead atoms. The fraction of sp³-hybridized carbons (Fsp3) is 0.333. The Morgan fingerprint density at radius 1 is 1.67 bits per heavy atom. The van der Waals surface area contributed by atoms with Crippen molar-refractivity contribution in [2.24, 2.45) is 5.73 Å².